The smallest absolute Gasteiger partial charge is 0.209 e. The number of nitrogens with zero attached hydrogens (tertiary/aromatic N) is 1. The van der Waals surface area contributed by atoms with Crippen LogP contribution in [0.3, 0.4) is 0 Å². The van der Waals surface area contributed by atoms with Crippen molar-refractivity contribution >= 4 is 6.41 Å². The number of carbonyl (C=O) groups excluding carboxylic acids is 1. The van der Waals surface area contributed by atoms with Gasteiger partial charge in [-0.2, -0.15) is 0 Å². The van der Waals surface area contributed by atoms with Crippen molar-refractivity contribution in [2.24, 2.45) is 5.73 Å². The molecule has 58 valence electrons. The molecule has 0 saturated carbocycles. The zero-order valence-corrected chi connectivity index (χ0v) is 6.12. The molecule has 1 atom stereocenters. The van der Waals surface area contributed by atoms with Crippen molar-refractivity contribution in [1.29, 1.82) is 0 Å². The zero-order valence-electron chi connectivity index (χ0n) is 6.12. The predicted molar refractivity (Wildman–Crippen MR) is 39.5 cm³/mol. The van der Waals surface area contributed by atoms with E-state index in [0.717, 1.165) is 38.8 Å². The molecule has 0 aromatic heterocycles. The molecular weight excluding hydrogens is 128 g/mol. The van der Waals surface area contributed by atoms with Crippen molar-refractivity contribution in [2.45, 2.75) is 25.3 Å². The van der Waals surface area contributed by atoms with Crippen LogP contribution in [0, 0.1) is 0 Å². The highest BCUT2D eigenvalue weighted by molar-refractivity contribution is 5.47. The summed E-state index contributed by atoms with van der Waals surface area (Å²) < 4.78 is 0. The average Bonchev–Trinajstić information content (AvgIpc) is 2.13. The van der Waals surface area contributed by atoms with Gasteiger partial charge in [0.25, 0.3) is 0 Å². The predicted octanol–water partition coefficient (Wildman–Crippen LogP) is -0.0440. The van der Waals surface area contributed by atoms with E-state index in [9.17, 15) is 4.79 Å². The van der Waals surface area contributed by atoms with E-state index in [1.165, 1.54) is 0 Å². The molecule has 0 radical (unpaired) electrons. The summed E-state index contributed by atoms with van der Waals surface area (Å²) in [7, 11) is 0. The topological polar surface area (TPSA) is 46.3 Å². The van der Waals surface area contributed by atoms with Crippen LogP contribution in [0.4, 0.5) is 0 Å². The molecule has 1 heterocycles. The minimum Gasteiger partial charge on any atom is -0.344 e. The molecule has 1 saturated heterocycles. The van der Waals surface area contributed by atoms with Crippen LogP contribution >= 0.6 is 0 Å². The number of hydrogen-bond donors (Lipinski definition) is 1. The molecule has 1 aliphatic heterocycles. The van der Waals surface area contributed by atoms with Crippen LogP contribution in [0.1, 0.15) is 19.3 Å². The molecule has 1 unspecified atom stereocenters. The lowest BCUT2D eigenvalue weighted by Gasteiger charge is -2.16. The fourth-order valence-electron chi connectivity index (χ4n) is 1.30. The van der Waals surface area contributed by atoms with E-state index in [1.807, 2.05) is 0 Å². The van der Waals surface area contributed by atoms with Crippen molar-refractivity contribution in [3.05, 3.63) is 0 Å². The molecule has 0 spiro atoms. The Labute approximate surface area is 61.2 Å². The molecule has 0 aromatic rings. The first-order chi connectivity index (χ1) is 4.83. The van der Waals surface area contributed by atoms with Gasteiger partial charge in [0, 0.05) is 19.1 Å². The van der Waals surface area contributed by atoms with Gasteiger partial charge in [-0.25, -0.2) is 0 Å². The van der Waals surface area contributed by atoms with Crippen molar-refractivity contribution in [1.82, 2.24) is 4.90 Å². The van der Waals surface area contributed by atoms with Gasteiger partial charge in [-0.05, 0) is 12.8 Å². The lowest BCUT2D eigenvalue weighted by atomic mass is 10.2. The molecule has 0 aliphatic carbocycles. The molecule has 3 heteroatoms. The van der Waals surface area contributed by atoms with E-state index in [2.05, 4.69) is 0 Å². The summed E-state index contributed by atoms with van der Waals surface area (Å²) >= 11 is 0. The van der Waals surface area contributed by atoms with Gasteiger partial charge in [0.2, 0.25) is 6.41 Å². The summed E-state index contributed by atoms with van der Waals surface area (Å²) in [6.07, 6.45) is 4.22. The number of carbonyl (C=O) groups is 1. The third-order valence-electron chi connectivity index (χ3n) is 1.89. The van der Waals surface area contributed by atoms with Gasteiger partial charge in [0.05, 0.1) is 0 Å². The standard InChI is InChI=1S/C7H14N2O/c8-7-3-1-2-4-9(5-7)6-10/h6-7H,1-5,8H2. The minimum absolute atomic E-state index is 0.202. The summed E-state index contributed by atoms with van der Waals surface area (Å²) in [5.74, 6) is 0. The Balaban J connectivity index is 2.37. The maximum atomic E-state index is 10.3. The SMILES string of the molecule is NC1CCCCN(C=O)C1. The van der Waals surface area contributed by atoms with Crippen LogP contribution < -0.4 is 5.73 Å². The Morgan fingerprint density at radius 3 is 3.00 bits per heavy atom. The van der Waals surface area contributed by atoms with Crippen molar-refractivity contribution in [2.75, 3.05) is 13.1 Å². The molecule has 1 rings (SSSR count). The monoisotopic (exact) mass is 142 g/mol. The van der Waals surface area contributed by atoms with Gasteiger partial charge >= 0.3 is 0 Å². The summed E-state index contributed by atoms with van der Waals surface area (Å²) in [4.78, 5) is 12.1. The lowest BCUT2D eigenvalue weighted by Crippen LogP contribution is -2.34. The highest BCUT2D eigenvalue weighted by atomic mass is 16.1. The lowest BCUT2D eigenvalue weighted by molar-refractivity contribution is -0.118. The first kappa shape index (κ1) is 7.54. The fourth-order valence-corrected chi connectivity index (χ4v) is 1.30. The average molecular weight is 142 g/mol. The van der Waals surface area contributed by atoms with E-state index in [1.54, 1.807) is 4.90 Å². The van der Waals surface area contributed by atoms with Crippen LogP contribution in [0.25, 0.3) is 0 Å². The molecular formula is C7H14N2O. The molecule has 0 aromatic carbocycles. The Bertz CT molecular complexity index is 116. The molecule has 1 aliphatic rings. The molecule has 1 fully saturated rings. The Hall–Kier alpha value is -0.570. The third kappa shape index (κ3) is 1.99. The van der Waals surface area contributed by atoms with Crippen LogP contribution in [0.2, 0.25) is 0 Å². The number of likely N-dealkylation sites (tertiary alicyclic amines) is 1. The van der Waals surface area contributed by atoms with E-state index < -0.39 is 0 Å². The van der Waals surface area contributed by atoms with E-state index in [4.69, 9.17) is 5.73 Å². The second kappa shape index (κ2) is 3.56. The molecule has 1 amide bonds. The summed E-state index contributed by atoms with van der Waals surface area (Å²) in [6, 6.07) is 0.202. The fraction of sp³-hybridized carbons (Fsp3) is 0.857. The zero-order chi connectivity index (χ0) is 7.40. The Morgan fingerprint density at radius 2 is 2.30 bits per heavy atom. The molecule has 3 nitrogen and oxygen atoms in total. The Kier molecular flexibility index (Phi) is 2.68. The van der Waals surface area contributed by atoms with Crippen LogP contribution in [0.15, 0.2) is 0 Å². The number of amides is 1. The van der Waals surface area contributed by atoms with Crippen molar-refractivity contribution in [3.63, 3.8) is 0 Å². The minimum atomic E-state index is 0.202. The van der Waals surface area contributed by atoms with Gasteiger partial charge in [-0.3, -0.25) is 4.79 Å². The molecule has 10 heavy (non-hydrogen) atoms. The molecule has 0 bridgehead atoms. The first-order valence-corrected chi connectivity index (χ1v) is 3.78. The second-order valence-corrected chi connectivity index (χ2v) is 2.86. The van der Waals surface area contributed by atoms with Crippen molar-refractivity contribution in [3.8, 4) is 0 Å². The quantitative estimate of drug-likeness (QED) is 0.522. The maximum Gasteiger partial charge on any atom is 0.209 e. The number of hydrogen-bond acceptors (Lipinski definition) is 2. The summed E-state index contributed by atoms with van der Waals surface area (Å²) in [5, 5.41) is 0. The normalized spacial score (nSPS) is 27.7. The van der Waals surface area contributed by atoms with E-state index in [-0.39, 0.29) is 6.04 Å². The van der Waals surface area contributed by atoms with Crippen LogP contribution in [-0.4, -0.2) is 30.4 Å². The van der Waals surface area contributed by atoms with Gasteiger partial charge in [-0.1, -0.05) is 6.42 Å². The van der Waals surface area contributed by atoms with Gasteiger partial charge in [0.15, 0.2) is 0 Å². The van der Waals surface area contributed by atoms with Crippen LogP contribution in [0.5, 0.6) is 0 Å². The van der Waals surface area contributed by atoms with Crippen molar-refractivity contribution < 1.29 is 4.79 Å². The number of nitrogens with two attached hydrogens (primary N) is 1. The Morgan fingerprint density at radius 1 is 1.50 bits per heavy atom. The second-order valence-electron chi connectivity index (χ2n) is 2.86. The molecule has 2 N–H and O–H groups in total. The maximum absolute atomic E-state index is 10.3. The largest absolute Gasteiger partial charge is 0.344 e. The highest BCUT2D eigenvalue weighted by Crippen LogP contribution is 2.06. The number of rotatable bonds is 1. The van der Waals surface area contributed by atoms with Gasteiger partial charge in [-0.15, -0.1) is 0 Å². The highest BCUT2D eigenvalue weighted by Gasteiger charge is 2.12. The summed E-state index contributed by atoms with van der Waals surface area (Å²) in [6.45, 7) is 1.63. The first-order valence-electron chi connectivity index (χ1n) is 3.78. The van der Waals surface area contributed by atoms with E-state index in [0.29, 0.717) is 0 Å². The van der Waals surface area contributed by atoms with Gasteiger partial charge < -0.3 is 10.6 Å². The van der Waals surface area contributed by atoms with Crippen LogP contribution in [-0.2, 0) is 4.79 Å². The van der Waals surface area contributed by atoms with Gasteiger partial charge in [0.1, 0.15) is 0 Å². The third-order valence-corrected chi connectivity index (χ3v) is 1.89. The summed E-state index contributed by atoms with van der Waals surface area (Å²) in [5.41, 5.74) is 5.70. The van der Waals surface area contributed by atoms with E-state index >= 15 is 0 Å².